The number of nitrogens with zero attached hydrogens (tertiary/aromatic N) is 3. The second-order valence-corrected chi connectivity index (χ2v) is 9.97. The minimum atomic E-state index is -3.74. The molecule has 5 rings (SSSR count). The van der Waals surface area contributed by atoms with Crippen LogP contribution in [0.2, 0.25) is 0 Å². The van der Waals surface area contributed by atoms with Gasteiger partial charge in [0.15, 0.2) is 0 Å². The fourth-order valence-corrected chi connectivity index (χ4v) is 5.57. The van der Waals surface area contributed by atoms with Crippen molar-refractivity contribution in [1.29, 1.82) is 0 Å². The van der Waals surface area contributed by atoms with Crippen LogP contribution >= 0.6 is 0 Å². The number of fused-ring (bicyclic) bond motifs is 1. The van der Waals surface area contributed by atoms with Crippen LogP contribution in [0.15, 0.2) is 59.6 Å². The molecule has 2 aliphatic rings. The molecule has 0 spiro atoms. The van der Waals surface area contributed by atoms with Gasteiger partial charge in [0.25, 0.3) is 10.0 Å². The Hall–Kier alpha value is -2.66. The first-order valence-corrected chi connectivity index (χ1v) is 11.7. The van der Waals surface area contributed by atoms with Gasteiger partial charge in [0.1, 0.15) is 17.7 Å². The third-order valence-electron chi connectivity index (χ3n) is 6.05. The number of hydrogen-bond donors (Lipinski definition) is 1. The van der Waals surface area contributed by atoms with E-state index in [2.05, 4.69) is 10.00 Å². The second kappa shape index (κ2) is 8.04. The molecule has 32 heavy (non-hydrogen) atoms. The monoisotopic (exact) mass is 460 g/mol. The fraction of sp³-hybridized carbons (Fsp3) is 0.318. The Balaban J connectivity index is 1.28. The normalized spacial score (nSPS) is 23.9. The number of halogens is 2. The van der Waals surface area contributed by atoms with E-state index in [1.807, 2.05) is 0 Å². The van der Waals surface area contributed by atoms with Crippen LogP contribution in [0.4, 0.5) is 8.78 Å². The first-order chi connectivity index (χ1) is 15.3. The standard InChI is InChI=1S/C22H22F2N4O3S/c23-15-6-7-19(24)18(8-15)22-20(25)9-16(13-31-22)27-10-14-11-28(26-21(14)12-27)32(29,30)17-4-2-1-3-5-17/h1-8,11,16,20,22H,9-10,12-13,25H2/t16-,20+,22-/m1/s1. The van der Waals surface area contributed by atoms with E-state index in [0.717, 1.165) is 27.8 Å². The van der Waals surface area contributed by atoms with E-state index in [4.69, 9.17) is 10.5 Å². The summed E-state index contributed by atoms with van der Waals surface area (Å²) in [6.07, 6.45) is 1.37. The summed E-state index contributed by atoms with van der Waals surface area (Å²) in [6.45, 7) is 1.28. The van der Waals surface area contributed by atoms with E-state index in [1.54, 1.807) is 24.4 Å². The van der Waals surface area contributed by atoms with Crippen molar-refractivity contribution in [3.05, 3.63) is 83.2 Å². The molecule has 0 saturated carbocycles. The lowest BCUT2D eigenvalue weighted by Gasteiger charge is -2.38. The van der Waals surface area contributed by atoms with E-state index < -0.39 is 33.8 Å². The lowest BCUT2D eigenvalue weighted by Crippen LogP contribution is -2.47. The van der Waals surface area contributed by atoms with Gasteiger partial charge in [-0.05, 0) is 36.8 Å². The van der Waals surface area contributed by atoms with E-state index in [0.29, 0.717) is 31.8 Å². The first-order valence-electron chi connectivity index (χ1n) is 10.3. The van der Waals surface area contributed by atoms with Crippen LogP contribution in [-0.4, -0.2) is 41.2 Å². The van der Waals surface area contributed by atoms with Crippen LogP contribution in [0.1, 0.15) is 29.3 Å². The smallest absolute Gasteiger partial charge is 0.282 e. The summed E-state index contributed by atoms with van der Waals surface area (Å²) in [7, 11) is -3.74. The van der Waals surface area contributed by atoms with Crippen LogP contribution in [0.25, 0.3) is 0 Å². The Labute approximate surface area is 184 Å². The molecule has 3 atom stereocenters. The van der Waals surface area contributed by atoms with E-state index >= 15 is 0 Å². The Morgan fingerprint density at radius 2 is 1.88 bits per heavy atom. The highest BCUT2D eigenvalue weighted by Gasteiger charge is 2.37. The predicted molar refractivity (Wildman–Crippen MR) is 112 cm³/mol. The molecule has 0 bridgehead atoms. The number of aromatic nitrogens is 2. The van der Waals surface area contributed by atoms with Gasteiger partial charge in [0, 0.05) is 42.5 Å². The van der Waals surface area contributed by atoms with Crippen molar-refractivity contribution < 1.29 is 21.9 Å². The average Bonchev–Trinajstić information content (AvgIpc) is 3.36. The van der Waals surface area contributed by atoms with Gasteiger partial charge in [-0.3, -0.25) is 4.90 Å². The highest BCUT2D eigenvalue weighted by atomic mass is 32.2. The molecule has 3 heterocycles. The number of hydrogen-bond acceptors (Lipinski definition) is 6. The molecule has 0 amide bonds. The number of rotatable bonds is 4. The summed E-state index contributed by atoms with van der Waals surface area (Å²) < 4.78 is 60.2. The molecular weight excluding hydrogens is 438 g/mol. The fourth-order valence-electron chi connectivity index (χ4n) is 4.39. The number of ether oxygens (including phenoxy) is 1. The van der Waals surface area contributed by atoms with Crippen molar-refractivity contribution in [3.8, 4) is 0 Å². The first kappa shape index (κ1) is 21.2. The van der Waals surface area contributed by atoms with Crippen molar-refractivity contribution in [1.82, 2.24) is 14.1 Å². The zero-order valence-electron chi connectivity index (χ0n) is 17.1. The zero-order chi connectivity index (χ0) is 22.5. The Kier molecular flexibility index (Phi) is 5.32. The molecule has 1 fully saturated rings. The van der Waals surface area contributed by atoms with Crippen molar-refractivity contribution in [2.45, 2.75) is 42.6 Å². The topological polar surface area (TPSA) is 90.5 Å². The highest BCUT2D eigenvalue weighted by Crippen LogP contribution is 2.34. The molecule has 1 saturated heterocycles. The summed E-state index contributed by atoms with van der Waals surface area (Å²) in [5.41, 5.74) is 7.92. The quantitative estimate of drug-likeness (QED) is 0.644. The van der Waals surface area contributed by atoms with Crippen LogP contribution < -0.4 is 5.73 Å². The van der Waals surface area contributed by atoms with Crippen LogP contribution in [0, 0.1) is 11.6 Å². The molecular formula is C22H22F2N4O3S. The minimum absolute atomic E-state index is 0.0359. The SMILES string of the molecule is N[C@H]1C[C@@H](N2Cc3cn(S(=O)(=O)c4ccccc4)nc3C2)CO[C@@H]1c1cc(F)ccc1F. The third-order valence-corrected chi connectivity index (χ3v) is 7.60. The van der Waals surface area contributed by atoms with Gasteiger partial charge < -0.3 is 10.5 Å². The Morgan fingerprint density at radius 1 is 1.09 bits per heavy atom. The lowest BCUT2D eigenvalue weighted by molar-refractivity contribution is -0.0533. The molecule has 7 nitrogen and oxygen atoms in total. The maximum Gasteiger partial charge on any atom is 0.282 e. The molecule has 1 aromatic heterocycles. The molecule has 10 heteroatoms. The molecule has 0 aliphatic carbocycles. The van der Waals surface area contributed by atoms with Gasteiger partial charge in [0.05, 0.1) is 17.2 Å². The van der Waals surface area contributed by atoms with Crippen molar-refractivity contribution >= 4 is 10.0 Å². The Bertz CT molecular complexity index is 1230. The van der Waals surface area contributed by atoms with E-state index in [-0.39, 0.29) is 16.5 Å². The summed E-state index contributed by atoms with van der Waals surface area (Å²) >= 11 is 0. The van der Waals surface area contributed by atoms with Crippen LogP contribution in [0.3, 0.4) is 0 Å². The van der Waals surface area contributed by atoms with E-state index in [9.17, 15) is 17.2 Å². The van der Waals surface area contributed by atoms with Gasteiger partial charge >= 0.3 is 0 Å². The highest BCUT2D eigenvalue weighted by molar-refractivity contribution is 7.89. The van der Waals surface area contributed by atoms with Gasteiger partial charge in [-0.2, -0.15) is 17.6 Å². The molecule has 0 unspecified atom stereocenters. The van der Waals surface area contributed by atoms with Crippen molar-refractivity contribution in [2.75, 3.05) is 6.61 Å². The predicted octanol–water partition coefficient (Wildman–Crippen LogP) is 2.57. The molecule has 2 aliphatic heterocycles. The van der Waals surface area contributed by atoms with Gasteiger partial charge in [-0.25, -0.2) is 8.78 Å². The molecule has 2 N–H and O–H groups in total. The number of benzene rings is 2. The van der Waals surface area contributed by atoms with Crippen molar-refractivity contribution in [2.24, 2.45) is 5.73 Å². The minimum Gasteiger partial charge on any atom is -0.370 e. The summed E-state index contributed by atoms with van der Waals surface area (Å²) in [5.74, 6) is -1.08. The van der Waals surface area contributed by atoms with Gasteiger partial charge in [-0.15, -0.1) is 0 Å². The summed E-state index contributed by atoms with van der Waals surface area (Å²) in [4.78, 5) is 2.30. The maximum absolute atomic E-state index is 14.1. The van der Waals surface area contributed by atoms with Crippen LogP contribution in [-0.2, 0) is 27.8 Å². The number of nitrogens with two attached hydrogens (primary N) is 1. The third kappa shape index (κ3) is 3.73. The second-order valence-electron chi connectivity index (χ2n) is 8.17. The molecule has 0 radical (unpaired) electrons. The van der Waals surface area contributed by atoms with Crippen LogP contribution in [0.5, 0.6) is 0 Å². The lowest BCUT2D eigenvalue weighted by atomic mass is 9.93. The molecule has 2 aromatic carbocycles. The van der Waals surface area contributed by atoms with Crippen molar-refractivity contribution in [3.63, 3.8) is 0 Å². The molecule has 3 aromatic rings. The van der Waals surface area contributed by atoms with Gasteiger partial charge in [0.2, 0.25) is 0 Å². The Morgan fingerprint density at radius 3 is 2.59 bits per heavy atom. The van der Waals surface area contributed by atoms with Gasteiger partial charge in [-0.1, -0.05) is 18.2 Å². The largest absolute Gasteiger partial charge is 0.370 e. The molecule has 168 valence electrons. The zero-order valence-corrected chi connectivity index (χ0v) is 17.9. The average molecular weight is 461 g/mol. The van der Waals surface area contributed by atoms with E-state index in [1.165, 1.54) is 12.1 Å². The summed E-state index contributed by atoms with van der Waals surface area (Å²) in [5, 5.41) is 4.31. The maximum atomic E-state index is 14.1. The summed E-state index contributed by atoms with van der Waals surface area (Å²) in [6, 6.07) is 10.9.